The van der Waals surface area contributed by atoms with Gasteiger partial charge in [0, 0.05) is 33.7 Å². The molecule has 0 bridgehead atoms. The number of nitrogens with one attached hydrogen (secondary N) is 1. The Bertz CT molecular complexity index is 538. The Morgan fingerprint density at radius 3 is 2.52 bits per heavy atom. The topological polar surface area (TPSA) is 47.9 Å². The summed E-state index contributed by atoms with van der Waals surface area (Å²) in [7, 11) is 3.58. The highest BCUT2D eigenvalue weighted by atomic mass is 19.1. The van der Waals surface area contributed by atoms with Gasteiger partial charge >= 0.3 is 0 Å². The summed E-state index contributed by atoms with van der Waals surface area (Å²) >= 11 is 0. The number of carbonyl (C=O) groups is 1. The zero-order chi connectivity index (χ0) is 16.7. The van der Waals surface area contributed by atoms with E-state index in [2.05, 4.69) is 10.3 Å². The molecule has 1 N–H and O–H groups in total. The van der Waals surface area contributed by atoms with E-state index < -0.39 is 0 Å². The van der Waals surface area contributed by atoms with E-state index >= 15 is 0 Å². The Labute approximate surface area is 137 Å². The molecular weight excluding hydrogens is 295 g/mol. The van der Waals surface area contributed by atoms with Gasteiger partial charge in [-0.05, 0) is 37.0 Å². The van der Waals surface area contributed by atoms with Crippen LogP contribution in [0, 0.1) is 5.82 Å². The Morgan fingerprint density at radius 1 is 1.26 bits per heavy atom. The van der Waals surface area contributed by atoms with Crippen molar-refractivity contribution in [1.82, 2.24) is 15.1 Å². The fourth-order valence-electron chi connectivity index (χ4n) is 2.73. The third kappa shape index (κ3) is 5.23. The van der Waals surface area contributed by atoms with Crippen molar-refractivity contribution in [2.45, 2.75) is 25.8 Å². The summed E-state index contributed by atoms with van der Waals surface area (Å²) in [6, 6.07) is 6.38. The van der Waals surface area contributed by atoms with E-state index in [4.69, 9.17) is 0 Å². The van der Waals surface area contributed by atoms with Crippen LogP contribution in [0.4, 0.5) is 4.39 Å². The fraction of sp³-hybridized carbons (Fsp3) is 0.529. The van der Waals surface area contributed by atoms with Gasteiger partial charge in [0.2, 0.25) is 5.91 Å². The minimum Gasteiger partial charge on any atom is -0.347 e. The predicted molar refractivity (Wildman–Crippen MR) is 89.7 cm³/mol. The number of rotatable bonds is 4. The number of likely N-dealkylation sites (tertiary alicyclic amines) is 1. The van der Waals surface area contributed by atoms with Crippen molar-refractivity contribution in [3.8, 4) is 0 Å². The molecule has 1 amide bonds. The van der Waals surface area contributed by atoms with E-state index in [0.29, 0.717) is 12.5 Å². The summed E-state index contributed by atoms with van der Waals surface area (Å²) in [5, 5.41) is 3.11. The van der Waals surface area contributed by atoms with Crippen LogP contribution in [-0.2, 0) is 11.3 Å². The molecule has 0 aliphatic carbocycles. The summed E-state index contributed by atoms with van der Waals surface area (Å²) in [5.41, 5.74) is 0.985. The minimum atomic E-state index is -0.244. The number of carbonyl (C=O) groups excluding carboxylic acids is 1. The maximum Gasteiger partial charge on any atom is 0.241 e. The van der Waals surface area contributed by atoms with Crippen LogP contribution in [0.3, 0.4) is 0 Å². The number of guanidine groups is 1. The molecule has 2 rings (SSSR count). The van der Waals surface area contributed by atoms with Crippen LogP contribution >= 0.6 is 0 Å². The van der Waals surface area contributed by atoms with Gasteiger partial charge in [0.25, 0.3) is 0 Å². The van der Waals surface area contributed by atoms with Crippen molar-refractivity contribution >= 4 is 11.9 Å². The summed E-state index contributed by atoms with van der Waals surface area (Å²) in [6.45, 7) is 2.55. The molecule has 0 aromatic heterocycles. The lowest BCUT2D eigenvalue weighted by Crippen LogP contribution is -2.46. The molecule has 1 aromatic rings. The van der Waals surface area contributed by atoms with E-state index in [1.54, 1.807) is 19.2 Å². The summed E-state index contributed by atoms with van der Waals surface area (Å²) in [5.74, 6) is 0.520. The number of amides is 1. The van der Waals surface area contributed by atoms with E-state index in [1.807, 2.05) is 16.8 Å². The van der Waals surface area contributed by atoms with E-state index in [1.165, 1.54) is 18.6 Å². The molecule has 1 aromatic carbocycles. The van der Waals surface area contributed by atoms with E-state index in [-0.39, 0.29) is 18.3 Å². The Morgan fingerprint density at radius 2 is 1.91 bits per heavy atom. The van der Waals surface area contributed by atoms with Crippen molar-refractivity contribution in [2.75, 3.05) is 33.7 Å². The van der Waals surface area contributed by atoms with Crippen LogP contribution in [0.1, 0.15) is 24.8 Å². The second-order valence-electron chi connectivity index (χ2n) is 5.82. The summed E-state index contributed by atoms with van der Waals surface area (Å²) in [6.07, 6.45) is 3.38. The average Bonchev–Trinajstić information content (AvgIpc) is 2.58. The largest absolute Gasteiger partial charge is 0.347 e. The number of nitrogens with zero attached hydrogens (tertiary/aromatic N) is 3. The molecule has 126 valence electrons. The molecule has 0 atom stereocenters. The monoisotopic (exact) mass is 320 g/mol. The highest BCUT2D eigenvalue weighted by molar-refractivity contribution is 5.86. The second kappa shape index (κ2) is 8.50. The zero-order valence-corrected chi connectivity index (χ0v) is 13.9. The Balaban J connectivity index is 1.84. The van der Waals surface area contributed by atoms with Gasteiger partial charge in [-0.25, -0.2) is 4.39 Å². The van der Waals surface area contributed by atoms with Gasteiger partial charge in [-0.15, -0.1) is 0 Å². The highest BCUT2D eigenvalue weighted by Gasteiger charge is 2.17. The predicted octanol–water partition coefficient (Wildman–Crippen LogP) is 1.85. The molecule has 23 heavy (non-hydrogen) atoms. The van der Waals surface area contributed by atoms with Gasteiger partial charge in [0.1, 0.15) is 5.82 Å². The number of piperidine rings is 1. The molecule has 0 saturated carbocycles. The smallest absolute Gasteiger partial charge is 0.241 e. The quantitative estimate of drug-likeness (QED) is 0.680. The molecule has 1 fully saturated rings. The lowest BCUT2D eigenvalue weighted by atomic mass is 10.1. The summed E-state index contributed by atoms with van der Waals surface area (Å²) < 4.78 is 12.9. The number of hydrogen-bond donors (Lipinski definition) is 1. The van der Waals surface area contributed by atoms with Gasteiger partial charge in [-0.1, -0.05) is 12.1 Å². The van der Waals surface area contributed by atoms with Crippen molar-refractivity contribution in [1.29, 1.82) is 0 Å². The van der Waals surface area contributed by atoms with Crippen LogP contribution in [-0.4, -0.2) is 55.4 Å². The number of halogens is 1. The number of hydrogen-bond acceptors (Lipinski definition) is 2. The zero-order valence-electron chi connectivity index (χ0n) is 13.9. The molecule has 1 aliphatic rings. The maximum atomic E-state index is 12.9. The number of benzene rings is 1. The average molecular weight is 320 g/mol. The molecule has 0 radical (unpaired) electrons. The molecule has 6 heteroatoms. The van der Waals surface area contributed by atoms with Gasteiger partial charge in [-0.3, -0.25) is 9.79 Å². The van der Waals surface area contributed by atoms with Crippen molar-refractivity contribution in [3.05, 3.63) is 35.6 Å². The lowest BCUT2D eigenvalue weighted by molar-refractivity contribution is -0.130. The standard InChI is InChI=1S/C17H25FN4O/c1-19-17(20-12-16(23)22-10-4-3-5-11-22)21(2)13-14-6-8-15(18)9-7-14/h6-9H,3-5,10-13H2,1-2H3,(H,19,20). The third-order valence-corrected chi connectivity index (χ3v) is 4.01. The number of aliphatic imine (C=N–C) groups is 1. The Kier molecular flexibility index (Phi) is 6.38. The minimum absolute atomic E-state index is 0.112. The van der Waals surface area contributed by atoms with Gasteiger partial charge in [0.15, 0.2) is 5.96 Å². The molecule has 5 nitrogen and oxygen atoms in total. The first-order chi connectivity index (χ1) is 11.1. The molecule has 1 aliphatic heterocycles. The van der Waals surface area contributed by atoms with Gasteiger partial charge in [-0.2, -0.15) is 0 Å². The van der Waals surface area contributed by atoms with E-state index in [0.717, 1.165) is 31.5 Å². The lowest BCUT2D eigenvalue weighted by Gasteiger charge is -2.28. The van der Waals surface area contributed by atoms with Crippen molar-refractivity contribution < 1.29 is 9.18 Å². The van der Waals surface area contributed by atoms with Crippen LogP contribution < -0.4 is 5.32 Å². The third-order valence-electron chi connectivity index (χ3n) is 4.01. The van der Waals surface area contributed by atoms with Gasteiger partial charge < -0.3 is 15.1 Å². The maximum absolute atomic E-state index is 12.9. The van der Waals surface area contributed by atoms with Crippen LogP contribution in [0.2, 0.25) is 0 Å². The molecular formula is C17H25FN4O. The van der Waals surface area contributed by atoms with E-state index in [9.17, 15) is 9.18 Å². The first kappa shape index (κ1) is 17.2. The van der Waals surface area contributed by atoms with Crippen molar-refractivity contribution in [3.63, 3.8) is 0 Å². The molecule has 0 unspecified atom stereocenters. The fourth-order valence-corrected chi connectivity index (χ4v) is 2.73. The Hall–Kier alpha value is -2.11. The summed E-state index contributed by atoms with van der Waals surface area (Å²) in [4.78, 5) is 20.2. The second-order valence-corrected chi connectivity index (χ2v) is 5.82. The van der Waals surface area contributed by atoms with Crippen LogP contribution in [0.15, 0.2) is 29.3 Å². The van der Waals surface area contributed by atoms with Gasteiger partial charge in [0.05, 0.1) is 6.54 Å². The molecule has 1 heterocycles. The SMILES string of the molecule is CN=C(NCC(=O)N1CCCCC1)N(C)Cc1ccc(F)cc1. The first-order valence-corrected chi connectivity index (χ1v) is 8.04. The molecule has 1 saturated heterocycles. The van der Waals surface area contributed by atoms with Crippen LogP contribution in [0.25, 0.3) is 0 Å². The molecule has 0 spiro atoms. The normalized spacial score (nSPS) is 15.4. The first-order valence-electron chi connectivity index (χ1n) is 8.04. The highest BCUT2D eigenvalue weighted by Crippen LogP contribution is 2.08. The van der Waals surface area contributed by atoms with Crippen molar-refractivity contribution in [2.24, 2.45) is 4.99 Å². The van der Waals surface area contributed by atoms with Crippen LogP contribution in [0.5, 0.6) is 0 Å².